The first kappa shape index (κ1) is 11.3. The molecular weight excluding hydrogens is 242 g/mol. The van der Waals surface area contributed by atoms with Crippen molar-refractivity contribution in [2.75, 3.05) is 13.7 Å². The fourth-order valence-electron chi connectivity index (χ4n) is 1.14. The summed E-state index contributed by atoms with van der Waals surface area (Å²) in [5.41, 5.74) is 7.70. The molecule has 1 aromatic rings. The van der Waals surface area contributed by atoms with Crippen molar-refractivity contribution in [3.8, 4) is 5.75 Å². The molecule has 0 unspecified atom stereocenters. The van der Waals surface area contributed by atoms with Gasteiger partial charge < -0.3 is 10.5 Å². The van der Waals surface area contributed by atoms with Crippen LogP contribution < -0.4 is 10.5 Å². The minimum atomic E-state index is 0.565. The highest BCUT2D eigenvalue weighted by atomic mass is 79.9. The normalized spacial score (nSPS) is 11.6. The van der Waals surface area contributed by atoms with Crippen molar-refractivity contribution in [3.63, 3.8) is 0 Å². The van der Waals surface area contributed by atoms with Crippen LogP contribution in [0.15, 0.2) is 28.2 Å². The molecule has 0 aromatic heterocycles. The second-order valence-electron chi connectivity index (χ2n) is 3.08. The first-order valence-electron chi connectivity index (χ1n) is 4.38. The smallest absolute Gasteiger partial charge is 0.126 e. The number of hydrogen-bond acceptors (Lipinski definition) is 2. The molecule has 0 aliphatic rings. The van der Waals surface area contributed by atoms with E-state index < -0.39 is 0 Å². The Balaban J connectivity index is 3.11. The summed E-state index contributed by atoms with van der Waals surface area (Å²) in [5, 5.41) is 0. The Hall–Kier alpha value is -0.800. The monoisotopic (exact) mass is 255 g/mol. The summed E-state index contributed by atoms with van der Waals surface area (Å²) in [7, 11) is 1.67. The van der Waals surface area contributed by atoms with Crippen LogP contribution in [-0.2, 0) is 0 Å². The zero-order valence-electron chi connectivity index (χ0n) is 8.38. The Labute approximate surface area is 92.9 Å². The van der Waals surface area contributed by atoms with Crippen LogP contribution in [0, 0.1) is 0 Å². The lowest BCUT2D eigenvalue weighted by Gasteiger charge is -2.06. The standard InChI is InChI=1S/C11H14BrNO/c1-8(7-13)5-9-6-10(12)3-4-11(9)14-2/h3-6H,7,13H2,1-2H3/b8-5-. The molecule has 0 spiro atoms. The average Bonchev–Trinajstić information content (AvgIpc) is 2.18. The van der Waals surface area contributed by atoms with Gasteiger partial charge in [0, 0.05) is 16.6 Å². The van der Waals surface area contributed by atoms with Crippen LogP contribution in [-0.4, -0.2) is 13.7 Å². The minimum Gasteiger partial charge on any atom is -0.496 e. The molecule has 0 amide bonds. The largest absolute Gasteiger partial charge is 0.496 e. The molecule has 3 heteroatoms. The van der Waals surface area contributed by atoms with Crippen LogP contribution in [0.3, 0.4) is 0 Å². The van der Waals surface area contributed by atoms with Crippen molar-refractivity contribution < 1.29 is 4.74 Å². The van der Waals surface area contributed by atoms with E-state index in [1.54, 1.807) is 7.11 Å². The van der Waals surface area contributed by atoms with E-state index >= 15 is 0 Å². The fourth-order valence-corrected chi connectivity index (χ4v) is 1.52. The number of nitrogens with two attached hydrogens (primary N) is 1. The van der Waals surface area contributed by atoms with E-state index in [0.717, 1.165) is 21.4 Å². The SMILES string of the molecule is COc1ccc(Br)cc1/C=C(/C)CN. The topological polar surface area (TPSA) is 35.2 Å². The predicted molar refractivity (Wildman–Crippen MR) is 63.4 cm³/mol. The van der Waals surface area contributed by atoms with E-state index in [2.05, 4.69) is 15.9 Å². The maximum atomic E-state index is 5.53. The van der Waals surface area contributed by atoms with E-state index in [1.165, 1.54) is 0 Å². The average molecular weight is 256 g/mol. The summed E-state index contributed by atoms with van der Waals surface area (Å²) in [4.78, 5) is 0. The lowest BCUT2D eigenvalue weighted by atomic mass is 10.1. The highest BCUT2D eigenvalue weighted by Gasteiger charge is 2.00. The molecule has 2 nitrogen and oxygen atoms in total. The van der Waals surface area contributed by atoms with Crippen molar-refractivity contribution in [3.05, 3.63) is 33.8 Å². The summed E-state index contributed by atoms with van der Waals surface area (Å²) in [6, 6.07) is 5.89. The molecule has 0 fully saturated rings. The molecule has 0 saturated heterocycles. The van der Waals surface area contributed by atoms with E-state index in [-0.39, 0.29) is 0 Å². The Morgan fingerprint density at radius 2 is 2.29 bits per heavy atom. The lowest BCUT2D eigenvalue weighted by Crippen LogP contribution is -1.99. The highest BCUT2D eigenvalue weighted by Crippen LogP contribution is 2.24. The number of halogens is 1. The third-order valence-corrected chi connectivity index (χ3v) is 2.41. The van der Waals surface area contributed by atoms with Crippen LogP contribution >= 0.6 is 15.9 Å². The number of hydrogen-bond donors (Lipinski definition) is 1. The van der Waals surface area contributed by atoms with Crippen molar-refractivity contribution in [1.29, 1.82) is 0 Å². The quantitative estimate of drug-likeness (QED) is 0.902. The van der Waals surface area contributed by atoms with Gasteiger partial charge in [-0.15, -0.1) is 0 Å². The second kappa shape index (κ2) is 5.17. The van der Waals surface area contributed by atoms with Crippen LogP contribution in [0.1, 0.15) is 12.5 Å². The third kappa shape index (κ3) is 2.86. The molecule has 14 heavy (non-hydrogen) atoms. The van der Waals surface area contributed by atoms with Gasteiger partial charge in [-0.25, -0.2) is 0 Å². The third-order valence-electron chi connectivity index (χ3n) is 1.92. The number of rotatable bonds is 3. The van der Waals surface area contributed by atoms with Crippen molar-refractivity contribution in [2.24, 2.45) is 5.73 Å². The number of ether oxygens (including phenoxy) is 1. The van der Waals surface area contributed by atoms with E-state index in [0.29, 0.717) is 6.54 Å². The molecule has 76 valence electrons. The highest BCUT2D eigenvalue weighted by molar-refractivity contribution is 9.10. The molecule has 2 N–H and O–H groups in total. The summed E-state index contributed by atoms with van der Waals surface area (Å²) in [5.74, 6) is 0.862. The maximum absolute atomic E-state index is 5.53. The van der Waals surface area contributed by atoms with Gasteiger partial charge >= 0.3 is 0 Å². The van der Waals surface area contributed by atoms with Crippen LogP contribution in [0.5, 0.6) is 5.75 Å². The van der Waals surface area contributed by atoms with E-state index in [9.17, 15) is 0 Å². The van der Waals surface area contributed by atoms with Crippen LogP contribution in [0.25, 0.3) is 6.08 Å². The molecule has 0 saturated carbocycles. The predicted octanol–water partition coefficient (Wildman–Crippen LogP) is 2.82. The van der Waals surface area contributed by atoms with Crippen molar-refractivity contribution in [1.82, 2.24) is 0 Å². The first-order chi connectivity index (χ1) is 6.67. The van der Waals surface area contributed by atoms with Gasteiger partial charge in [-0.1, -0.05) is 27.6 Å². The van der Waals surface area contributed by atoms with Crippen LogP contribution in [0.4, 0.5) is 0 Å². The molecule has 0 heterocycles. The van der Waals surface area contributed by atoms with Gasteiger partial charge in [-0.3, -0.25) is 0 Å². The van der Waals surface area contributed by atoms with Gasteiger partial charge in [-0.2, -0.15) is 0 Å². The Morgan fingerprint density at radius 1 is 1.57 bits per heavy atom. The van der Waals surface area contributed by atoms with Gasteiger partial charge in [0.25, 0.3) is 0 Å². The Morgan fingerprint density at radius 3 is 2.86 bits per heavy atom. The molecule has 1 rings (SSSR count). The summed E-state index contributed by atoms with van der Waals surface area (Å²) < 4.78 is 6.28. The molecular formula is C11H14BrNO. The number of benzene rings is 1. The van der Waals surface area contributed by atoms with E-state index in [1.807, 2.05) is 31.2 Å². The zero-order chi connectivity index (χ0) is 10.6. The molecule has 1 aromatic carbocycles. The zero-order valence-corrected chi connectivity index (χ0v) is 9.97. The molecule has 0 bridgehead atoms. The number of methoxy groups -OCH3 is 1. The molecule has 0 radical (unpaired) electrons. The van der Waals surface area contributed by atoms with Gasteiger partial charge in [0.15, 0.2) is 0 Å². The van der Waals surface area contributed by atoms with Gasteiger partial charge in [0.1, 0.15) is 5.75 Å². The molecule has 0 aliphatic heterocycles. The van der Waals surface area contributed by atoms with Gasteiger partial charge in [0.2, 0.25) is 0 Å². The molecule has 0 atom stereocenters. The summed E-state index contributed by atoms with van der Waals surface area (Å²) in [6.07, 6.45) is 2.03. The Bertz CT molecular complexity index is 347. The summed E-state index contributed by atoms with van der Waals surface area (Å²) >= 11 is 3.42. The maximum Gasteiger partial charge on any atom is 0.126 e. The fraction of sp³-hybridized carbons (Fsp3) is 0.273. The first-order valence-corrected chi connectivity index (χ1v) is 5.17. The van der Waals surface area contributed by atoms with Crippen molar-refractivity contribution in [2.45, 2.75) is 6.92 Å². The van der Waals surface area contributed by atoms with Crippen LogP contribution in [0.2, 0.25) is 0 Å². The van der Waals surface area contributed by atoms with Gasteiger partial charge in [0.05, 0.1) is 7.11 Å². The summed E-state index contributed by atoms with van der Waals surface area (Å²) in [6.45, 7) is 2.57. The van der Waals surface area contributed by atoms with E-state index in [4.69, 9.17) is 10.5 Å². The minimum absolute atomic E-state index is 0.565. The second-order valence-corrected chi connectivity index (χ2v) is 4.00. The Kier molecular flexibility index (Phi) is 4.17. The molecule has 0 aliphatic carbocycles. The lowest BCUT2D eigenvalue weighted by molar-refractivity contribution is 0.413. The van der Waals surface area contributed by atoms with Crippen molar-refractivity contribution >= 4 is 22.0 Å². The van der Waals surface area contributed by atoms with Gasteiger partial charge in [-0.05, 0) is 25.1 Å².